The molecule has 13 rings (SSSR count). The number of amidine groups is 2. The van der Waals surface area contributed by atoms with Crippen molar-refractivity contribution in [1.29, 1.82) is 0 Å². The van der Waals surface area contributed by atoms with Gasteiger partial charge in [0.15, 0.2) is 5.84 Å². The number of para-hydroxylation sites is 3. The Bertz CT molecular complexity index is 3800. The zero-order chi connectivity index (χ0) is 41.4. The number of hydrogen-bond acceptors (Lipinski definition) is 4. The largest absolute Gasteiger partial charge is 0.344 e. The van der Waals surface area contributed by atoms with Crippen LogP contribution in [0, 0.1) is 0 Å². The van der Waals surface area contributed by atoms with E-state index < -0.39 is 0 Å². The number of nitrogens with one attached hydrogen (secondary N) is 1. The van der Waals surface area contributed by atoms with Gasteiger partial charge in [0.25, 0.3) is 0 Å². The molecule has 5 nitrogen and oxygen atoms in total. The number of fused-ring (bicyclic) bond motifs is 11. The Hall–Kier alpha value is -8.06. The van der Waals surface area contributed by atoms with Crippen LogP contribution in [0.4, 0.5) is 0 Å². The molecular formula is C57H37N5S. The van der Waals surface area contributed by atoms with E-state index in [0.29, 0.717) is 5.84 Å². The molecule has 63 heavy (non-hydrogen) atoms. The third kappa shape index (κ3) is 5.69. The highest BCUT2D eigenvalue weighted by atomic mass is 32.1. The number of nitrogens with zero attached hydrogens (tertiary/aromatic N) is 4. The summed E-state index contributed by atoms with van der Waals surface area (Å²) < 4.78 is 7.49. The molecule has 1 aliphatic rings. The van der Waals surface area contributed by atoms with Crippen LogP contribution < -0.4 is 5.32 Å². The summed E-state index contributed by atoms with van der Waals surface area (Å²) in [4.78, 5) is 10.3. The fourth-order valence-electron chi connectivity index (χ4n) is 9.67. The summed E-state index contributed by atoms with van der Waals surface area (Å²) in [6.45, 7) is 0. The van der Waals surface area contributed by atoms with Crippen molar-refractivity contribution in [2.75, 3.05) is 0 Å². The highest BCUT2D eigenvalue weighted by Gasteiger charge is 2.24. The lowest BCUT2D eigenvalue weighted by Gasteiger charge is -2.24. The maximum Gasteiger partial charge on any atom is 0.159 e. The van der Waals surface area contributed by atoms with Gasteiger partial charge in [-0.3, -0.25) is 0 Å². The fourth-order valence-corrected chi connectivity index (χ4v) is 11.0. The number of aliphatic imine (C=N–C) groups is 2. The highest BCUT2D eigenvalue weighted by Crippen LogP contribution is 2.47. The lowest BCUT2D eigenvalue weighted by molar-refractivity contribution is 0.674. The molecule has 0 aliphatic carbocycles. The van der Waals surface area contributed by atoms with E-state index in [4.69, 9.17) is 9.98 Å². The van der Waals surface area contributed by atoms with Crippen LogP contribution in [0.5, 0.6) is 0 Å². The Balaban J connectivity index is 0.965. The van der Waals surface area contributed by atoms with Gasteiger partial charge in [0.2, 0.25) is 0 Å². The predicted molar refractivity (Wildman–Crippen MR) is 265 cm³/mol. The Labute approximate surface area is 367 Å². The molecule has 12 aromatic rings. The van der Waals surface area contributed by atoms with Gasteiger partial charge in [0.1, 0.15) is 12.0 Å². The first-order valence-corrected chi connectivity index (χ1v) is 22.2. The third-order valence-electron chi connectivity index (χ3n) is 12.6. The van der Waals surface area contributed by atoms with Crippen LogP contribution in [0.2, 0.25) is 0 Å². The average Bonchev–Trinajstić information content (AvgIpc) is 4.03. The first-order chi connectivity index (χ1) is 31.2. The molecule has 296 valence electrons. The zero-order valence-electron chi connectivity index (χ0n) is 34.0. The number of aromatic nitrogens is 2. The SMILES string of the molecule is c1ccc(C2=NC(c3ccc(-n4c5ccccc5c5ccc6c7ccc8c9ccccc9n(-c9ccccc9)c8c7sc6c54)cc3)NC(c3cccc(-c4ccccc4)c3)=N2)cc1. The van der Waals surface area contributed by atoms with E-state index in [1.165, 1.54) is 75.0 Å². The molecule has 1 atom stereocenters. The third-order valence-corrected chi connectivity index (χ3v) is 13.8. The van der Waals surface area contributed by atoms with E-state index >= 15 is 0 Å². The van der Waals surface area contributed by atoms with Crippen LogP contribution in [-0.4, -0.2) is 20.8 Å². The van der Waals surface area contributed by atoms with Crippen LogP contribution in [0.15, 0.2) is 222 Å². The van der Waals surface area contributed by atoms with E-state index in [1.807, 2.05) is 35.6 Å². The molecule has 4 heterocycles. The second kappa shape index (κ2) is 14.3. The van der Waals surface area contributed by atoms with E-state index in [1.54, 1.807) is 0 Å². The Morgan fingerprint density at radius 3 is 1.51 bits per heavy atom. The molecule has 3 aromatic heterocycles. The Kier molecular flexibility index (Phi) is 8.08. The standard InChI is InChI=1S/C57H37N5S/c1-4-15-36(16-5-1)39-19-14-20-40(35-39)57-59-55(37-17-6-2-7-18-37)58-56(60-57)38-27-29-42(30-28-38)62-50-26-13-11-24-44(50)46-32-34-48-47-33-31-45-43-23-10-12-25-49(43)61(41-21-8-3-9-22-41)51(45)53(47)63-54(48)52(46)62/h1-35,56H,(H,58,59,60). The molecule has 0 amide bonds. The minimum atomic E-state index is -0.339. The second-order valence-corrected chi connectivity index (χ2v) is 17.2. The van der Waals surface area contributed by atoms with Gasteiger partial charge in [-0.1, -0.05) is 170 Å². The first-order valence-electron chi connectivity index (χ1n) is 21.4. The van der Waals surface area contributed by atoms with Crippen molar-refractivity contribution in [3.05, 3.63) is 229 Å². The van der Waals surface area contributed by atoms with Crippen LogP contribution in [0.3, 0.4) is 0 Å². The van der Waals surface area contributed by atoms with Gasteiger partial charge in [-0.15, -0.1) is 11.3 Å². The van der Waals surface area contributed by atoms with Crippen LogP contribution in [0.1, 0.15) is 22.9 Å². The lowest BCUT2D eigenvalue weighted by Crippen LogP contribution is -2.33. The summed E-state index contributed by atoms with van der Waals surface area (Å²) in [6, 6.07) is 76.0. The molecule has 0 spiro atoms. The van der Waals surface area contributed by atoms with Gasteiger partial charge >= 0.3 is 0 Å². The Morgan fingerprint density at radius 2 is 0.889 bits per heavy atom. The van der Waals surface area contributed by atoms with Gasteiger partial charge in [-0.25, -0.2) is 9.98 Å². The molecule has 0 saturated heterocycles. The van der Waals surface area contributed by atoms with Gasteiger partial charge in [-0.05, 0) is 59.2 Å². The quantitative estimate of drug-likeness (QED) is 0.178. The van der Waals surface area contributed by atoms with Gasteiger partial charge in [0, 0.05) is 54.8 Å². The number of benzene rings is 9. The average molecular weight is 824 g/mol. The van der Waals surface area contributed by atoms with Crippen LogP contribution in [-0.2, 0) is 0 Å². The number of thiophene rings is 1. The van der Waals surface area contributed by atoms with Crippen molar-refractivity contribution in [3.63, 3.8) is 0 Å². The van der Waals surface area contributed by atoms with Crippen molar-refractivity contribution in [1.82, 2.24) is 14.5 Å². The minimum Gasteiger partial charge on any atom is -0.344 e. The normalized spacial score (nSPS) is 14.2. The fraction of sp³-hybridized carbons (Fsp3) is 0.0175. The molecule has 0 radical (unpaired) electrons. The summed E-state index contributed by atoms with van der Waals surface area (Å²) >= 11 is 1.91. The van der Waals surface area contributed by atoms with E-state index in [2.05, 4.69) is 203 Å². The smallest absolute Gasteiger partial charge is 0.159 e. The predicted octanol–water partition coefficient (Wildman–Crippen LogP) is 14.4. The van der Waals surface area contributed by atoms with Crippen molar-refractivity contribution < 1.29 is 0 Å². The summed E-state index contributed by atoms with van der Waals surface area (Å²) in [5.74, 6) is 1.50. The van der Waals surface area contributed by atoms with Crippen molar-refractivity contribution >= 4 is 86.8 Å². The molecule has 1 N–H and O–H groups in total. The Morgan fingerprint density at radius 1 is 0.397 bits per heavy atom. The first kappa shape index (κ1) is 35.7. The molecular weight excluding hydrogens is 787 g/mol. The van der Waals surface area contributed by atoms with Crippen molar-refractivity contribution in [3.8, 4) is 22.5 Å². The maximum atomic E-state index is 5.22. The number of hydrogen-bond donors (Lipinski definition) is 1. The molecule has 0 saturated carbocycles. The maximum absolute atomic E-state index is 5.22. The lowest BCUT2D eigenvalue weighted by atomic mass is 10.0. The minimum absolute atomic E-state index is 0.339. The topological polar surface area (TPSA) is 46.6 Å². The van der Waals surface area contributed by atoms with Crippen molar-refractivity contribution in [2.45, 2.75) is 6.17 Å². The molecule has 0 fully saturated rings. The molecule has 1 aliphatic heterocycles. The van der Waals surface area contributed by atoms with E-state index in [0.717, 1.165) is 33.8 Å². The summed E-state index contributed by atoms with van der Waals surface area (Å²) in [5, 5.41) is 11.3. The monoisotopic (exact) mass is 823 g/mol. The zero-order valence-corrected chi connectivity index (χ0v) is 34.8. The summed E-state index contributed by atoms with van der Waals surface area (Å²) in [7, 11) is 0. The van der Waals surface area contributed by atoms with E-state index in [9.17, 15) is 0 Å². The van der Waals surface area contributed by atoms with E-state index in [-0.39, 0.29) is 6.17 Å². The highest BCUT2D eigenvalue weighted by molar-refractivity contribution is 7.27. The molecule has 6 heteroatoms. The second-order valence-electron chi connectivity index (χ2n) is 16.2. The molecule has 0 bridgehead atoms. The summed E-state index contributed by atoms with van der Waals surface area (Å²) in [6.07, 6.45) is -0.339. The van der Waals surface area contributed by atoms with Crippen LogP contribution >= 0.6 is 11.3 Å². The van der Waals surface area contributed by atoms with Crippen LogP contribution in [0.25, 0.3) is 86.3 Å². The molecule has 1 unspecified atom stereocenters. The van der Waals surface area contributed by atoms with Gasteiger partial charge < -0.3 is 14.5 Å². The summed E-state index contributed by atoms with van der Waals surface area (Å²) in [5.41, 5.74) is 12.5. The molecule has 9 aromatic carbocycles. The number of rotatable bonds is 6. The van der Waals surface area contributed by atoms with Crippen molar-refractivity contribution in [2.24, 2.45) is 9.98 Å². The van der Waals surface area contributed by atoms with Gasteiger partial charge in [0.05, 0.1) is 31.5 Å². The van der Waals surface area contributed by atoms with Gasteiger partial charge in [-0.2, -0.15) is 0 Å².